The molecule has 0 spiro atoms. The van der Waals surface area contributed by atoms with Crippen LogP contribution in [-0.4, -0.2) is 47.4 Å². The number of methoxy groups -OCH3 is 1. The number of rotatable bonds is 7. The third-order valence-electron chi connectivity index (χ3n) is 5.08. The van der Waals surface area contributed by atoms with Crippen molar-refractivity contribution in [3.8, 4) is 11.5 Å². The Bertz CT molecular complexity index is 802. The molecule has 2 heterocycles. The Morgan fingerprint density at radius 3 is 2.79 bits per heavy atom. The summed E-state index contributed by atoms with van der Waals surface area (Å²) in [5.41, 5.74) is 0.258. The summed E-state index contributed by atoms with van der Waals surface area (Å²) in [6, 6.07) is 6.70. The van der Waals surface area contributed by atoms with E-state index in [0.29, 0.717) is 35.4 Å². The fourth-order valence-electron chi connectivity index (χ4n) is 3.34. The number of carbonyl (C=O) groups excluding carboxylic acids is 1. The highest BCUT2D eigenvalue weighted by Gasteiger charge is 2.28. The quantitative estimate of drug-likeness (QED) is 0.754. The van der Waals surface area contributed by atoms with Gasteiger partial charge in [0.25, 0.3) is 5.91 Å². The molecule has 1 atom stereocenters. The van der Waals surface area contributed by atoms with Gasteiger partial charge in [0.05, 0.1) is 18.2 Å². The number of ether oxygens (including phenoxy) is 2. The molecule has 1 aromatic heterocycles. The number of aliphatic hydroxyl groups excluding tert-OH is 1. The van der Waals surface area contributed by atoms with Crippen molar-refractivity contribution in [3.05, 3.63) is 40.7 Å². The predicted molar refractivity (Wildman–Crippen MR) is 104 cm³/mol. The Labute approximate surface area is 169 Å². The third-order valence-corrected chi connectivity index (χ3v) is 5.37. The molecule has 1 saturated heterocycles. The van der Waals surface area contributed by atoms with Crippen LogP contribution in [0.2, 0.25) is 5.02 Å². The monoisotopic (exact) mass is 408 g/mol. The van der Waals surface area contributed by atoms with Gasteiger partial charge in [0, 0.05) is 25.2 Å². The highest BCUT2D eigenvalue weighted by Crippen LogP contribution is 2.29. The molecule has 8 heteroatoms. The molecule has 28 heavy (non-hydrogen) atoms. The lowest BCUT2D eigenvalue weighted by atomic mass is 9.90. The molecular formula is C20H25ClN2O5. The smallest absolute Gasteiger partial charge is 0.276 e. The summed E-state index contributed by atoms with van der Waals surface area (Å²) in [4.78, 5) is 14.4. The molecule has 0 radical (unpaired) electrons. The molecule has 1 aromatic carbocycles. The number of carbonyl (C=O) groups is 1. The third kappa shape index (κ3) is 4.77. The summed E-state index contributed by atoms with van der Waals surface area (Å²) in [6.45, 7) is 3.30. The Morgan fingerprint density at radius 1 is 1.39 bits per heavy atom. The highest BCUT2D eigenvalue weighted by atomic mass is 35.5. The van der Waals surface area contributed by atoms with Crippen molar-refractivity contribution in [2.45, 2.75) is 38.9 Å². The van der Waals surface area contributed by atoms with E-state index in [1.54, 1.807) is 36.3 Å². The first-order valence-electron chi connectivity index (χ1n) is 9.41. The minimum Gasteiger partial charge on any atom is -0.497 e. The minimum absolute atomic E-state index is 0.108. The van der Waals surface area contributed by atoms with Crippen LogP contribution in [-0.2, 0) is 6.61 Å². The second kappa shape index (κ2) is 9.30. The number of piperidine rings is 1. The number of hydrogen-bond acceptors (Lipinski definition) is 6. The molecular weight excluding hydrogens is 384 g/mol. The molecule has 7 nitrogen and oxygen atoms in total. The van der Waals surface area contributed by atoms with Crippen LogP contribution in [0.15, 0.2) is 28.8 Å². The normalized spacial score (nSPS) is 16.1. The summed E-state index contributed by atoms with van der Waals surface area (Å²) in [6.07, 6.45) is 2.04. The zero-order chi connectivity index (χ0) is 20.1. The second-order valence-corrected chi connectivity index (χ2v) is 7.28. The summed E-state index contributed by atoms with van der Waals surface area (Å²) in [5, 5.41) is 14.3. The number of benzene rings is 1. The Kier molecular flexibility index (Phi) is 6.80. The molecule has 152 valence electrons. The zero-order valence-electron chi connectivity index (χ0n) is 16.1. The maximum absolute atomic E-state index is 12.6. The lowest BCUT2D eigenvalue weighted by Crippen LogP contribution is -2.41. The molecule has 1 aliphatic heterocycles. The molecule has 0 bridgehead atoms. The first-order chi connectivity index (χ1) is 13.5. The van der Waals surface area contributed by atoms with Crippen LogP contribution >= 0.6 is 11.6 Å². The van der Waals surface area contributed by atoms with E-state index in [-0.39, 0.29) is 30.2 Å². The van der Waals surface area contributed by atoms with Crippen molar-refractivity contribution in [3.63, 3.8) is 0 Å². The van der Waals surface area contributed by atoms with Gasteiger partial charge in [-0.15, -0.1) is 0 Å². The highest BCUT2D eigenvalue weighted by molar-refractivity contribution is 6.32. The second-order valence-electron chi connectivity index (χ2n) is 6.87. The van der Waals surface area contributed by atoms with Crippen LogP contribution in [0.5, 0.6) is 11.5 Å². The largest absolute Gasteiger partial charge is 0.497 e. The van der Waals surface area contributed by atoms with E-state index in [1.165, 1.54) is 0 Å². The van der Waals surface area contributed by atoms with Gasteiger partial charge in [-0.3, -0.25) is 4.79 Å². The van der Waals surface area contributed by atoms with Gasteiger partial charge in [0.2, 0.25) is 0 Å². The number of nitrogens with zero attached hydrogens (tertiary/aromatic N) is 2. The molecule has 1 N–H and O–H groups in total. The average molecular weight is 409 g/mol. The summed E-state index contributed by atoms with van der Waals surface area (Å²) >= 11 is 6.15. The number of aromatic nitrogens is 1. The van der Waals surface area contributed by atoms with Gasteiger partial charge < -0.3 is 24.0 Å². The van der Waals surface area contributed by atoms with Crippen LogP contribution in [0.1, 0.15) is 42.4 Å². The minimum atomic E-state index is -0.294. The number of amides is 1. The molecule has 0 unspecified atom stereocenters. The zero-order valence-corrected chi connectivity index (χ0v) is 16.8. The standard InChI is InChI=1S/C20H25ClN2O5/c1-3-18(24)13-6-8-23(9-7-13)20(25)17-11-15(28-22-17)12-27-19-5-4-14(26-2)10-16(19)21/h4-5,10-11,13,18,24H,3,6-9,12H2,1-2H3/t18-/m0/s1. The van der Waals surface area contributed by atoms with Gasteiger partial charge in [0.1, 0.15) is 18.1 Å². The van der Waals surface area contributed by atoms with Crippen LogP contribution < -0.4 is 9.47 Å². The fraction of sp³-hybridized carbons (Fsp3) is 0.500. The van der Waals surface area contributed by atoms with Gasteiger partial charge >= 0.3 is 0 Å². The van der Waals surface area contributed by atoms with E-state index in [1.807, 2.05) is 6.92 Å². The lowest BCUT2D eigenvalue weighted by molar-refractivity contribution is 0.0447. The maximum Gasteiger partial charge on any atom is 0.276 e. The Hall–Kier alpha value is -2.25. The van der Waals surface area contributed by atoms with Gasteiger partial charge in [-0.1, -0.05) is 23.7 Å². The summed E-state index contributed by atoms with van der Waals surface area (Å²) in [7, 11) is 1.56. The summed E-state index contributed by atoms with van der Waals surface area (Å²) < 4.78 is 16.0. The van der Waals surface area contributed by atoms with Crippen molar-refractivity contribution >= 4 is 17.5 Å². The number of hydrogen-bond donors (Lipinski definition) is 1. The first kappa shape index (κ1) is 20.5. The van der Waals surface area contributed by atoms with E-state index in [9.17, 15) is 9.90 Å². The lowest BCUT2D eigenvalue weighted by Gasteiger charge is -2.33. The molecule has 3 rings (SSSR count). The molecule has 0 saturated carbocycles. The molecule has 1 amide bonds. The SMILES string of the molecule is CC[C@H](O)C1CCN(C(=O)c2cc(COc3ccc(OC)cc3Cl)on2)CC1. The van der Waals surface area contributed by atoms with E-state index in [4.69, 9.17) is 25.6 Å². The predicted octanol–water partition coefficient (Wildman–Crippen LogP) is 3.54. The first-order valence-corrected chi connectivity index (χ1v) is 9.78. The van der Waals surface area contributed by atoms with Crippen molar-refractivity contribution in [1.29, 1.82) is 0 Å². The molecule has 0 aliphatic carbocycles. The Morgan fingerprint density at radius 2 is 2.14 bits per heavy atom. The topological polar surface area (TPSA) is 85.0 Å². The van der Waals surface area contributed by atoms with Crippen LogP contribution in [0.3, 0.4) is 0 Å². The van der Waals surface area contributed by atoms with E-state index in [0.717, 1.165) is 19.3 Å². The average Bonchev–Trinajstić information content (AvgIpc) is 3.20. The Balaban J connectivity index is 1.54. The maximum atomic E-state index is 12.6. The van der Waals surface area contributed by atoms with E-state index < -0.39 is 0 Å². The van der Waals surface area contributed by atoms with Crippen molar-refractivity contribution in [2.24, 2.45) is 5.92 Å². The van der Waals surface area contributed by atoms with Crippen LogP contribution in [0.25, 0.3) is 0 Å². The van der Waals surface area contributed by atoms with E-state index >= 15 is 0 Å². The number of halogens is 1. The van der Waals surface area contributed by atoms with Gasteiger partial charge in [-0.05, 0) is 37.3 Å². The van der Waals surface area contributed by atoms with Crippen LogP contribution in [0.4, 0.5) is 0 Å². The van der Waals surface area contributed by atoms with Gasteiger partial charge in [0.15, 0.2) is 11.5 Å². The number of aliphatic hydroxyl groups is 1. The van der Waals surface area contributed by atoms with Gasteiger partial charge in [-0.25, -0.2) is 0 Å². The van der Waals surface area contributed by atoms with Crippen LogP contribution in [0, 0.1) is 5.92 Å². The van der Waals surface area contributed by atoms with Gasteiger partial charge in [-0.2, -0.15) is 0 Å². The molecule has 1 aliphatic rings. The van der Waals surface area contributed by atoms with Crippen molar-refractivity contribution in [1.82, 2.24) is 10.1 Å². The fourth-order valence-corrected chi connectivity index (χ4v) is 3.56. The molecule has 1 fully saturated rings. The number of likely N-dealkylation sites (tertiary alicyclic amines) is 1. The van der Waals surface area contributed by atoms with Crippen molar-refractivity contribution in [2.75, 3.05) is 20.2 Å². The summed E-state index contributed by atoms with van der Waals surface area (Å²) in [5.74, 6) is 1.65. The molecule has 2 aromatic rings. The van der Waals surface area contributed by atoms with Crippen molar-refractivity contribution < 1.29 is 23.9 Å². The van der Waals surface area contributed by atoms with E-state index in [2.05, 4.69) is 5.16 Å².